The SMILES string of the molecule is C=Cc1c(C)c2cc3nc(cc4nc(cc5c(C=C)c(C)c(cc1[nH]2)n5C)C(C)=C4CCC(=O)O)C(CCC(=O)O)=C3C. The lowest BCUT2D eigenvalue weighted by Gasteiger charge is -2.05. The van der Waals surface area contributed by atoms with Crippen LogP contribution in [0.5, 0.6) is 0 Å². The van der Waals surface area contributed by atoms with Crippen LogP contribution in [0.1, 0.15) is 84.6 Å². The molecule has 0 aliphatic carbocycles. The second-order valence-corrected chi connectivity index (χ2v) is 11.1. The summed E-state index contributed by atoms with van der Waals surface area (Å²) in [4.78, 5) is 36.7. The Morgan fingerprint density at radius 1 is 0.744 bits per heavy atom. The number of carboxylic acids is 2. The van der Waals surface area contributed by atoms with Gasteiger partial charge in [0, 0.05) is 47.6 Å². The van der Waals surface area contributed by atoms with Gasteiger partial charge in [0.05, 0.1) is 28.3 Å². The van der Waals surface area contributed by atoms with Crippen molar-refractivity contribution in [1.82, 2.24) is 19.5 Å². The van der Waals surface area contributed by atoms with Gasteiger partial charge in [-0.3, -0.25) is 9.59 Å². The van der Waals surface area contributed by atoms with Crippen LogP contribution in [0.4, 0.5) is 0 Å². The van der Waals surface area contributed by atoms with Crippen LogP contribution in [0.25, 0.3) is 56.5 Å². The third-order valence-electron chi connectivity index (χ3n) is 8.62. The molecule has 0 fully saturated rings. The van der Waals surface area contributed by atoms with Crippen molar-refractivity contribution in [3.63, 3.8) is 0 Å². The third-order valence-corrected chi connectivity index (χ3v) is 8.62. The first kappa shape index (κ1) is 29.5. The first-order chi connectivity index (χ1) is 20.4. The van der Waals surface area contributed by atoms with E-state index in [1.165, 1.54) is 0 Å². The number of hydrogen-bond acceptors (Lipinski definition) is 4. The molecule has 5 heterocycles. The molecular formula is C35H36N4O4. The summed E-state index contributed by atoms with van der Waals surface area (Å²) in [5, 5.41) is 19.0. The highest BCUT2D eigenvalue weighted by atomic mass is 16.4. The van der Waals surface area contributed by atoms with Gasteiger partial charge in [0.1, 0.15) is 0 Å². The number of hydrogen-bond donors (Lipinski definition) is 3. The Bertz CT molecular complexity index is 1970. The minimum atomic E-state index is -0.886. The van der Waals surface area contributed by atoms with Gasteiger partial charge in [-0.1, -0.05) is 25.3 Å². The molecule has 2 aliphatic rings. The largest absolute Gasteiger partial charge is 0.481 e. The number of carbonyl (C=O) groups is 2. The molecule has 0 aromatic carbocycles. The molecule has 3 N–H and O–H groups in total. The highest BCUT2D eigenvalue weighted by molar-refractivity contribution is 5.97. The number of aliphatic carboxylic acids is 2. The molecule has 220 valence electrons. The maximum atomic E-state index is 11.6. The zero-order valence-electron chi connectivity index (χ0n) is 25.3. The summed E-state index contributed by atoms with van der Waals surface area (Å²) >= 11 is 0. The zero-order chi connectivity index (χ0) is 31.2. The third kappa shape index (κ3) is 5.25. The van der Waals surface area contributed by atoms with Gasteiger partial charge in [-0.05, 0) is 98.2 Å². The summed E-state index contributed by atoms with van der Waals surface area (Å²) in [7, 11) is 2.01. The molecular weight excluding hydrogens is 540 g/mol. The number of aromatic amines is 1. The number of nitrogens with zero attached hydrogens (tertiary/aromatic N) is 3. The fourth-order valence-electron chi connectivity index (χ4n) is 6.11. The standard InChI is InChI=1S/C35H36N4O4/c1-8-22-18(3)26-14-27-19(4)24(10-12-34(40)41)29(36-27)15-30-25(11-13-35(42)43)20(5)28(38-30)16-33-23(9-2)21(6)32(39(33)7)17-31(22)37-26/h8-9,14-17,37H,1-2,10-13H2,3-7H3,(H,40,41)(H,42,43). The molecule has 8 heteroatoms. The van der Waals surface area contributed by atoms with E-state index in [1.807, 2.05) is 58.2 Å². The van der Waals surface area contributed by atoms with Gasteiger partial charge in [-0.2, -0.15) is 0 Å². The molecule has 0 atom stereocenters. The van der Waals surface area contributed by atoms with Gasteiger partial charge in [-0.25, -0.2) is 9.97 Å². The number of fused-ring (bicyclic) bond motifs is 8. The van der Waals surface area contributed by atoms with Crippen LogP contribution in [0.15, 0.2) is 37.4 Å². The number of nitrogens with one attached hydrogen (secondary N) is 1. The van der Waals surface area contributed by atoms with Gasteiger partial charge in [0.15, 0.2) is 0 Å². The summed E-state index contributed by atoms with van der Waals surface area (Å²) in [6.45, 7) is 16.2. The molecule has 2 aliphatic heterocycles. The molecule has 0 amide bonds. The Hall–Kier alpha value is -4.98. The molecule has 0 spiro atoms. The second kappa shape index (κ2) is 11.4. The van der Waals surface area contributed by atoms with E-state index >= 15 is 0 Å². The quantitative estimate of drug-likeness (QED) is 0.251. The zero-order valence-corrected chi connectivity index (χ0v) is 25.3. The Labute approximate surface area is 250 Å². The monoisotopic (exact) mass is 576 g/mol. The lowest BCUT2D eigenvalue weighted by atomic mass is 9.98. The molecule has 5 rings (SSSR count). The minimum absolute atomic E-state index is 0.0360. The Kier molecular flexibility index (Phi) is 7.80. The first-order valence-electron chi connectivity index (χ1n) is 14.3. The lowest BCUT2D eigenvalue weighted by molar-refractivity contribution is -0.137. The van der Waals surface area contributed by atoms with Crippen LogP contribution < -0.4 is 0 Å². The number of allylic oxidation sites excluding steroid dienone is 4. The predicted octanol–water partition coefficient (Wildman–Crippen LogP) is 7.82. The van der Waals surface area contributed by atoms with Crippen molar-refractivity contribution < 1.29 is 19.8 Å². The van der Waals surface area contributed by atoms with Gasteiger partial charge in [0.25, 0.3) is 0 Å². The van der Waals surface area contributed by atoms with Crippen LogP contribution >= 0.6 is 0 Å². The number of aryl methyl sites for hydroxylation is 3. The fraction of sp³-hybridized carbons (Fsp3) is 0.257. The van der Waals surface area contributed by atoms with Crippen molar-refractivity contribution >= 4 is 68.4 Å². The molecule has 0 saturated carbocycles. The number of H-pyrrole nitrogens is 1. The number of carboxylic acid groups (broad SMARTS) is 2. The van der Waals surface area contributed by atoms with Crippen molar-refractivity contribution in [3.05, 3.63) is 82.5 Å². The topological polar surface area (TPSA) is 121 Å². The van der Waals surface area contributed by atoms with Gasteiger partial charge in [-0.15, -0.1) is 0 Å². The van der Waals surface area contributed by atoms with E-state index in [4.69, 9.17) is 9.97 Å². The lowest BCUT2D eigenvalue weighted by Crippen LogP contribution is -1.97. The molecule has 8 bridgehead atoms. The van der Waals surface area contributed by atoms with Gasteiger partial charge >= 0.3 is 11.9 Å². The fourth-order valence-corrected chi connectivity index (χ4v) is 6.11. The molecule has 0 unspecified atom stereocenters. The van der Waals surface area contributed by atoms with Crippen LogP contribution in [0.2, 0.25) is 0 Å². The summed E-state index contributed by atoms with van der Waals surface area (Å²) in [6.07, 6.45) is 4.25. The highest BCUT2D eigenvalue weighted by Crippen LogP contribution is 2.38. The molecule has 43 heavy (non-hydrogen) atoms. The predicted molar refractivity (Wildman–Crippen MR) is 174 cm³/mol. The van der Waals surface area contributed by atoms with Crippen molar-refractivity contribution in [2.45, 2.75) is 53.4 Å². The van der Waals surface area contributed by atoms with E-state index in [0.717, 1.165) is 78.0 Å². The highest BCUT2D eigenvalue weighted by Gasteiger charge is 2.23. The van der Waals surface area contributed by atoms with E-state index in [0.29, 0.717) is 24.2 Å². The maximum absolute atomic E-state index is 11.6. The van der Waals surface area contributed by atoms with Crippen molar-refractivity contribution in [3.8, 4) is 0 Å². The average molecular weight is 577 g/mol. The minimum Gasteiger partial charge on any atom is -0.481 e. The van der Waals surface area contributed by atoms with E-state index < -0.39 is 11.9 Å². The van der Waals surface area contributed by atoms with E-state index in [9.17, 15) is 19.8 Å². The second-order valence-electron chi connectivity index (χ2n) is 11.1. The molecule has 0 saturated heterocycles. The summed E-state index contributed by atoms with van der Waals surface area (Å²) < 4.78 is 2.12. The summed E-state index contributed by atoms with van der Waals surface area (Å²) in [6, 6.07) is 8.01. The van der Waals surface area contributed by atoms with Gasteiger partial charge < -0.3 is 19.8 Å². The van der Waals surface area contributed by atoms with E-state index in [2.05, 4.69) is 35.7 Å². The number of rotatable bonds is 8. The molecule has 3 aromatic rings. The normalized spacial score (nSPS) is 13.0. The van der Waals surface area contributed by atoms with E-state index in [-0.39, 0.29) is 12.8 Å². The Balaban J connectivity index is 1.97. The van der Waals surface area contributed by atoms with Crippen molar-refractivity contribution in [2.75, 3.05) is 0 Å². The van der Waals surface area contributed by atoms with Crippen LogP contribution in [0, 0.1) is 13.8 Å². The summed E-state index contributed by atoms with van der Waals surface area (Å²) in [5.41, 5.74) is 14.1. The number of aromatic nitrogens is 4. The first-order valence-corrected chi connectivity index (χ1v) is 14.3. The van der Waals surface area contributed by atoms with Crippen LogP contribution in [0.3, 0.4) is 0 Å². The smallest absolute Gasteiger partial charge is 0.303 e. The van der Waals surface area contributed by atoms with Crippen molar-refractivity contribution in [1.29, 1.82) is 0 Å². The van der Waals surface area contributed by atoms with Crippen LogP contribution in [-0.4, -0.2) is 41.7 Å². The van der Waals surface area contributed by atoms with Crippen LogP contribution in [-0.2, 0) is 16.6 Å². The van der Waals surface area contributed by atoms with Gasteiger partial charge in [0.2, 0.25) is 0 Å². The van der Waals surface area contributed by atoms with E-state index in [1.54, 1.807) is 0 Å². The Morgan fingerprint density at radius 3 is 1.79 bits per heavy atom. The molecule has 8 nitrogen and oxygen atoms in total. The average Bonchev–Trinajstić information content (AvgIpc) is 3.59. The molecule has 3 aromatic heterocycles. The molecule has 0 radical (unpaired) electrons. The summed E-state index contributed by atoms with van der Waals surface area (Å²) in [5.74, 6) is -1.77. The maximum Gasteiger partial charge on any atom is 0.303 e. The van der Waals surface area contributed by atoms with Crippen molar-refractivity contribution in [2.24, 2.45) is 7.05 Å². The Morgan fingerprint density at radius 2 is 1.28 bits per heavy atom.